The van der Waals surface area contributed by atoms with E-state index in [0.717, 1.165) is 16.8 Å². The molecule has 1 amide bonds. The monoisotopic (exact) mass is 496 g/mol. The second-order valence-electron chi connectivity index (χ2n) is 8.20. The number of aromatic carboxylic acids is 1. The smallest absolute Gasteiger partial charge is 0.416 e. The lowest BCUT2D eigenvalue weighted by molar-refractivity contribution is -0.506. The van der Waals surface area contributed by atoms with Crippen LogP contribution in [0.1, 0.15) is 34.3 Å². The number of carboxylic acid groups (broad SMARTS) is 1. The third-order valence-electron chi connectivity index (χ3n) is 5.79. The zero-order valence-corrected chi connectivity index (χ0v) is 18.1. The number of carboxylic acids is 1. The van der Waals surface area contributed by atoms with Crippen LogP contribution >= 0.6 is 0 Å². The van der Waals surface area contributed by atoms with Crippen LogP contribution in [-0.2, 0) is 16.5 Å². The molecule has 0 spiro atoms. The van der Waals surface area contributed by atoms with E-state index in [1.807, 2.05) is 0 Å². The summed E-state index contributed by atoms with van der Waals surface area (Å²) in [4.78, 5) is 24.3. The van der Waals surface area contributed by atoms with Crippen LogP contribution in [0.3, 0.4) is 0 Å². The van der Waals surface area contributed by atoms with Crippen molar-refractivity contribution < 1.29 is 46.1 Å². The number of hydrazone groups is 1. The molecule has 0 bridgehead atoms. The van der Waals surface area contributed by atoms with Crippen molar-refractivity contribution in [1.29, 1.82) is 0 Å². The van der Waals surface area contributed by atoms with Crippen molar-refractivity contribution in [2.24, 2.45) is 11.0 Å². The number of amides is 1. The molecule has 2 aliphatic rings. The van der Waals surface area contributed by atoms with E-state index in [1.165, 1.54) is 37.4 Å². The lowest BCUT2D eigenvalue weighted by Gasteiger charge is -2.20. The molecule has 1 saturated carbocycles. The third-order valence-corrected chi connectivity index (χ3v) is 5.79. The van der Waals surface area contributed by atoms with Gasteiger partial charge in [-0.25, -0.2) is 13.6 Å². The third kappa shape index (κ3) is 4.86. The van der Waals surface area contributed by atoms with Crippen molar-refractivity contribution in [3.8, 4) is 5.75 Å². The van der Waals surface area contributed by atoms with Crippen LogP contribution in [0, 0.1) is 5.92 Å². The van der Waals surface area contributed by atoms with Gasteiger partial charge in [0.25, 0.3) is 6.43 Å². The van der Waals surface area contributed by atoms with Crippen LogP contribution in [0.5, 0.6) is 5.75 Å². The zero-order chi connectivity index (χ0) is 25.5. The topological polar surface area (TPSA) is 91.0 Å². The standard InChI is InChI=1S/C23H18F5N3O4/c1-31-20(35-15-4-2-3-14(11-15)23(26,27)28)16(17(30-31)18(24)25)19(32)29-22(9-10-22)13-7-5-12(6-8-13)21(33)34/h2-8,11,16,18H,9-10H2,1H3,(H-,29,32,33,34)/p+1. The van der Waals surface area contributed by atoms with Crippen LogP contribution in [0.25, 0.3) is 0 Å². The van der Waals surface area contributed by atoms with Gasteiger partial charge in [0, 0.05) is 5.10 Å². The van der Waals surface area contributed by atoms with E-state index in [0.29, 0.717) is 24.5 Å². The molecule has 1 aliphatic carbocycles. The molecule has 2 aromatic carbocycles. The van der Waals surface area contributed by atoms with Gasteiger partial charge in [-0.2, -0.15) is 13.2 Å². The van der Waals surface area contributed by atoms with E-state index >= 15 is 0 Å². The number of hydrogen-bond donors (Lipinski definition) is 2. The second-order valence-corrected chi connectivity index (χ2v) is 8.20. The predicted molar refractivity (Wildman–Crippen MR) is 113 cm³/mol. The Labute approximate surface area is 195 Å². The lowest BCUT2D eigenvalue weighted by atomic mass is 9.99. The summed E-state index contributed by atoms with van der Waals surface area (Å²) in [7, 11) is 1.25. The minimum absolute atomic E-state index is 0.0468. The molecule has 2 aromatic rings. The highest BCUT2D eigenvalue weighted by atomic mass is 19.4. The van der Waals surface area contributed by atoms with Crippen LogP contribution in [-0.4, -0.2) is 46.8 Å². The molecule has 1 unspecified atom stereocenters. The number of nitrogens with zero attached hydrogens (tertiary/aromatic N) is 2. The molecule has 184 valence electrons. The van der Waals surface area contributed by atoms with E-state index < -0.39 is 47.2 Å². The van der Waals surface area contributed by atoms with Gasteiger partial charge in [-0.15, -0.1) is 0 Å². The maximum atomic E-state index is 13.7. The Morgan fingerprint density at radius 1 is 1.17 bits per heavy atom. The first-order chi connectivity index (χ1) is 16.4. The number of alkyl halides is 5. The summed E-state index contributed by atoms with van der Waals surface area (Å²) in [6.45, 7) is 0. The quantitative estimate of drug-likeness (QED) is 0.469. The van der Waals surface area contributed by atoms with Crippen molar-refractivity contribution in [2.75, 3.05) is 7.05 Å². The van der Waals surface area contributed by atoms with Gasteiger partial charge in [0.05, 0.1) is 16.7 Å². The normalized spacial score (nSPS) is 18.9. The van der Waals surface area contributed by atoms with Crippen molar-refractivity contribution in [3.05, 3.63) is 65.2 Å². The molecule has 4 rings (SSSR count). The number of rotatable bonds is 6. The average Bonchev–Trinajstić information content (AvgIpc) is 3.50. The summed E-state index contributed by atoms with van der Waals surface area (Å²) < 4.78 is 73.0. The highest BCUT2D eigenvalue weighted by Gasteiger charge is 2.53. The molecule has 1 aliphatic heterocycles. The van der Waals surface area contributed by atoms with Crippen molar-refractivity contribution in [2.45, 2.75) is 31.0 Å². The minimum Gasteiger partial charge on any atom is -0.478 e. The Hall–Kier alpha value is -3.83. The number of hydrogen-bond acceptors (Lipinski definition) is 4. The average molecular weight is 496 g/mol. The highest BCUT2D eigenvalue weighted by molar-refractivity contribution is 6.21. The molecule has 7 nitrogen and oxygen atoms in total. The summed E-state index contributed by atoms with van der Waals surface area (Å²) in [5.41, 5.74) is -2.05. The number of benzene rings is 2. The Kier molecular flexibility index (Phi) is 6.07. The molecule has 1 heterocycles. The van der Waals surface area contributed by atoms with Crippen molar-refractivity contribution in [3.63, 3.8) is 0 Å². The van der Waals surface area contributed by atoms with Gasteiger partial charge >= 0.3 is 18.0 Å². The number of nitrogens with one attached hydrogen (secondary N) is 1. The molecule has 12 heteroatoms. The van der Waals surface area contributed by atoms with Crippen LogP contribution < -0.4 is 10.1 Å². The molecule has 0 radical (unpaired) electrons. The van der Waals surface area contributed by atoms with E-state index in [1.54, 1.807) is 0 Å². The second kappa shape index (κ2) is 8.75. The predicted octanol–water partition coefficient (Wildman–Crippen LogP) is 3.88. The first-order valence-electron chi connectivity index (χ1n) is 10.4. The largest absolute Gasteiger partial charge is 0.478 e. The first kappa shape index (κ1) is 24.3. The van der Waals surface area contributed by atoms with Gasteiger partial charge < -0.3 is 15.2 Å². The van der Waals surface area contributed by atoms with E-state index in [2.05, 4.69) is 10.4 Å². The fraction of sp³-hybridized carbons (Fsp3) is 0.304. The number of halogens is 5. The summed E-state index contributed by atoms with van der Waals surface area (Å²) >= 11 is 0. The molecule has 1 fully saturated rings. The Bertz CT molecular complexity index is 1230. The molecule has 0 aromatic heterocycles. The van der Waals surface area contributed by atoms with Crippen LogP contribution in [0.4, 0.5) is 22.0 Å². The SMILES string of the molecule is C[N+]1=C(Oc2cccc(C(F)(F)F)c2)C(C(=O)NC2(c3ccc(C(=O)O)cc3)CC2)C(C(F)F)=N1. The summed E-state index contributed by atoms with van der Waals surface area (Å²) in [5, 5.41) is 15.5. The van der Waals surface area contributed by atoms with Gasteiger partial charge in [-0.1, -0.05) is 22.9 Å². The van der Waals surface area contributed by atoms with Gasteiger partial charge in [-0.05, 0) is 48.7 Å². The molecule has 35 heavy (non-hydrogen) atoms. The molecular formula is C23H19F5N3O4+. The number of carbonyl (C=O) groups is 2. The summed E-state index contributed by atoms with van der Waals surface area (Å²) in [6.07, 6.45) is -6.81. The van der Waals surface area contributed by atoms with E-state index in [9.17, 15) is 31.5 Å². The van der Waals surface area contributed by atoms with Crippen LogP contribution in [0.15, 0.2) is 53.6 Å². The van der Waals surface area contributed by atoms with Crippen LogP contribution in [0.2, 0.25) is 0 Å². The summed E-state index contributed by atoms with van der Waals surface area (Å²) in [5.74, 6) is -4.33. The zero-order valence-electron chi connectivity index (χ0n) is 18.1. The maximum Gasteiger partial charge on any atom is 0.416 e. The fourth-order valence-electron chi connectivity index (χ4n) is 3.84. The Balaban J connectivity index is 1.60. The molecule has 2 N–H and O–H groups in total. The lowest BCUT2D eigenvalue weighted by Crippen LogP contribution is -2.47. The number of carbonyl (C=O) groups excluding carboxylic acids is 1. The molecule has 1 atom stereocenters. The highest BCUT2D eigenvalue weighted by Crippen LogP contribution is 2.46. The Morgan fingerprint density at radius 3 is 2.37 bits per heavy atom. The van der Waals surface area contributed by atoms with E-state index in [-0.39, 0.29) is 17.2 Å². The van der Waals surface area contributed by atoms with Gasteiger partial charge in [0.1, 0.15) is 5.75 Å². The minimum atomic E-state index is -4.65. The summed E-state index contributed by atoms with van der Waals surface area (Å²) in [6, 6.07) is 9.62. The van der Waals surface area contributed by atoms with E-state index in [4.69, 9.17) is 9.84 Å². The molecule has 0 saturated heterocycles. The van der Waals surface area contributed by atoms with Gasteiger partial charge in [0.15, 0.2) is 12.8 Å². The first-order valence-corrected chi connectivity index (χ1v) is 10.4. The van der Waals surface area contributed by atoms with Gasteiger partial charge in [-0.3, -0.25) is 4.79 Å². The Morgan fingerprint density at radius 2 is 1.83 bits per heavy atom. The van der Waals surface area contributed by atoms with Crippen molar-refractivity contribution in [1.82, 2.24) is 5.32 Å². The molecular weight excluding hydrogens is 477 g/mol. The van der Waals surface area contributed by atoms with Gasteiger partial charge in [0.2, 0.25) is 11.8 Å². The number of ether oxygens (including phenoxy) is 1. The van der Waals surface area contributed by atoms with Crippen molar-refractivity contribution >= 4 is 23.5 Å². The fourth-order valence-corrected chi connectivity index (χ4v) is 3.84. The maximum absolute atomic E-state index is 13.7.